The van der Waals surface area contributed by atoms with Gasteiger partial charge in [-0.2, -0.15) is 0 Å². The van der Waals surface area contributed by atoms with Crippen molar-refractivity contribution in [2.75, 3.05) is 38.2 Å². The third kappa shape index (κ3) is 4.06. The zero-order valence-electron chi connectivity index (χ0n) is 11.7. The number of carbonyl (C=O) groups excluding carboxylic acids is 2. The standard InChI is InChI=1S/C15H20N2O3/c1-12(18)13-2-4-14(5-3-13)16-7-6-15(19)17-8-10-20-11-9-17/h2-5,16H,6-11H2,1H3. The van der Waals surface area contributed by atoms with Crippen molar-refractivity contribution in [1.82, 2.24) is 4.90 Å². The second-order valence-corrected chi connectivity index (χ2v) is 4.80. The fourth-order valence-electron chi connectivity index (χ4n) is 2.11. The molecule has 1 heterocycles. The predicted octanol–water partition coefficient (Wildman–Crippen LogP) is 1.55. The van der Waals surface area contributed by atoms with Gasteiger partial charge in [0.05, 0.1) is 13.2 Å². The van der Waals surface area contributed by atoms with Crippen LogP contribution < -0.4 is 5.32 Å². The zero-order valence-corrected chi connectivity index (χ0v) is 11.7. The number of amides is 1. The maximum Gasteiger partial charge on any atom is 0.224 e. The van der Waals surface area contributed by atoms with Crippen LogP contribution in [-0.4, -0.2) is 49.4 Å². The number of nitrogens with zero attached hydrogens (tertiary/aromatic N) is 1. The molecule has 5 heteroatoms. The second-order valence-electron chi connectivity index (χ2n) is 4.80. The maximum absolute atomic E-state index is 11.9. The van der Waals surface area contributed by atoms with E-state index in [4.69, 9.17) is 4.74 Å². The van der Waals surface area contributed by atoms with E-state index in [9.17, 15) is 9.59 Å². The molecule has 0 radical (unpaired) electrons. The molecule has 1 amide bonds. The van der Waals surface area contributed by atoms with E-state index in [0.29, 0.717) is 44.8 Å². The minimum atomic E-state index is 0.0547. The largest absolute Gasteiger partial charge is 0.385 e. The van der Waals surface area contributed by atoms with Crippen LogP contribution in [0.15, 0.2) is 24.3 Å². The summed E-state index contributed by atoms with van der Waals surface area (Å²) < 4.78 is 5.22. The molecule has 20 heavy (non-hydrogen) atoms. The number of ketones is 1. The minimum Gasteiger partial charge on any atom is -0.385 e. The van der Waals surface area contributed by atoms with Gasteiger partial charge in [-0.25, -0.2) is 0 Å². The first-order valence-electron chi connectivity index (χ1n) is 6.87. The summed E-state index contributed by atoms with van der Waals surface area (Å²) >= 11 is 0. The lowest BCUT2D eigenvalue weighted by Gasteiger charge is -2.26. The summed E-state index contributed by atoms with van der Waals surface area (Å²) in [6.45, 7) is 4.77. The van der Waals surface area contributed by atoms with Crippen molar-refractivity contribution in [3.63, 3.8) is 0 Å². The Morgan fingerprint density at radius 1 is 1.20 bits per heavy atom. The quantitative estimate of drug-likeness (QED) is 0.829. The summed E-state index contributed by atoms with van der Waals surface area (Å²) in [5, 5.41) is 3.19. The Bertz CT molecular complexity index is 465. The Hall–Kier alpha value is -1.88. The van der Waals surface area contributed by atoms with Crippen LogP contribution in [0.5, 0.6) is 0 Å². The highest BCUT2D eigenvalue weighted by Crippen LogP contribution is 2.10. The molecule has 0 saturated carbocycles. The molecule has 0 bridgehead atoms. The van der Waals surface area contributed by atoms with Gasteiger partial charge in [0.25, 0.3) is 0 Å². The monoisotopic (exact) mass is 276 g/mol. The molecule has 1 aliphatic rings. The van der Waals surface area contributed by atoms with E-state index in [0.717, 1.165) is 5.69 Å². The number of hydrogen-bond donors (Lipinski definition) is 1. The van der Waals surface area contributed by atoms with Crippen LogP contribution in [0.4, 0.5) is 5.69 Å². The molecule has 0 spiro atoms. The van der Waals surface area contributed by atoms with E-state index >= 15 is 0 Å². The Balaban J connectivity index is 1.74. The average Bonchev–Trinajstić information content (AvgIpc) is 2.48. The third-order valence-corrected chi connectivity index (χ3v) is 3.32. The molecule has 1 saturated heterocycles. The molecule has 5 nitrogen and oxygen atoms in total. The van der Waals surface area contributed by atoms with Crippen molar-refractivity contribution < 1.29 is 14.3 Å². The highest BCUT2D eigenvalue weighted by Gasteiger charge is 2.15. The van der Waals surface area contributed by atoms with E-state index in [1.54, 1.807) is 19.1 Å². The van der Waals surface area contributed by atoms with Crippen molar-refractivity contribution in [3.05, 3.63) is 29.8 Å². The molecule has 1 aromatic rings. The molecule has 0 aromatic heterocycles. The first-order chi connectivity index (χ1) is 9.66. The second kappa shape index (κ2) is 7.05. The average molecular weight is 276 g/mol. The molecular formula is C15H20N2O3. The van der Waals surface area contributed by atoms with Gasteiger partial charge in [0.15, 0.2) is 5.78 Å². The van der Waals surface area contributed by atoms with E-state index in [1.807, 2.05) is 17.0 Å². The number of morpholine rings is 1. The Morgan fingerprint density at radius 3 is 2.45 bits per heavy atom. The molecule has 1 N–H and O–H groups in total. The fourth-order valence-corrected chi connectivity index (χ4v) is 2.11. The zero-order chi connectivity index (χ0) is 14.4. The van der Waals surface area contributed by atoms with E-state index in [-0.39, 0.29) is 11.7 Å². The number of benzene rings is 1. The number of Topliss-reactive ketones (excluding diaryl/α,β-unsaturated/α-hetero) is 1. The lowest BCUT2D eigenvalue weighted by Crippen LogP contribution is -2.41. The van der Waals surface area contributed by atoms with Gasteiger partial charge < -0.3 is 15.0 Å². The van der Waals surface area contributed by atoms with Gasteiger partial charge in [-0.1, -0.05) is 0 Å². The molecular weight excluding hydrogens is 256 g/mol. The van der Waals surface area contributed by atoms with Gasteiger partial charge in [-0.3, -0.25) is 9.59 Å². The topological polar surface area (TPSA) is 58.6 Å². The Morgan fingerprint density at radius 2 is 1.85 bits per heavy atom. The number of rotatable bonds is 5. The molecule has 0 aliphatic carbocycles. The summed E-state index contributed by atoms with van der Waals surface area (Å²) in [6.07, 6.45) is 0.467. The first kappa shape index (κ1) is 14.5. The Labute approximate surface area is 118 Å². The van der Waals surface area contributed by atoms with Crippen molar-refractivity contribution in [2.45, 2.75) is 13.3 Å². The number of hydrogen-bond acceptors (Lipinski definition) is 4. The summed E-state index contributed by atoms with van der Waals surface area (Å²) in [5.41, 5.74) is 1.62. The van der Waals surface area contributed by atoms with Gasteiger partial charge in [-0.05, 0) is 31.2 Å². The van der Waals surface area contributed by atoms with Crippen LogP contribution >= 0.6 is 0 Å². The van der Waals surface area contributed by atoms with Crippen LogP contribution in [0.3, 0.4) is 0 Å². The van der Waals surface area contributed by atoms with Gasteiger partial charge in [0, 0.05) is 37.3 Å². The Kier molecular flexibility index (Phi) is 5.12. The number of ether oxygens (including phenoxy) is 1. The molecule has 1 aromatic carbocycles. The van der Waals surface area contributed by atoms with Crippen molar-refractivity contribution >= 4 is 17.4 Å². The first-order valence-corrected chi connectivity index (χ1v) is 6.87. The molecule has 108 valence electrons. The van der Waals surface area contributed by atoms with Crippen LogP contribution in [-0.2, 0) is 9.53 Å². The van der Waals surface area contributed by atoms with Gasteiger partial charge in [0.2, 0.25) is 5.91 Å². The van der Waals surface area contributed by atoms with Crippen molar-refractivity contribution in [3.8, 4) is 0 Å². The van der Waals surface area contributed by atoms with Crippen LogP contribution in [0, 0.1) is 0 Å². The molecule has 0 unspecified atom stereocenters. The van der Waals surface area contributed by atoms with Gasteiger partial charge in [-0.15, -0.1) is 0 Å². The number of nitrogens with one attached hydrogen (secondary N) is 1. The molecule has 0 atom stereocenters. The lowest BCUT2D eigenvalue weighted by atomic mass is 10.1. The van der Waals surface area contributed by atoms with E-state index in [2.05, 4.69) is 5.32 Å². The van der Waals surface area contributed by atoms with Crippen molar-refractivity contribution in [2.24, 2.45) is 0 Å². The number of carbonyl (C=O) groups is 2. The molecule has 2 rings (SSSR count). The highest BCUT2D eigenvalue weighted by molar-refractivity contribution is 5.94. The minimum absolute atomic E-state index is 0.0547. The van der Waals surface area contributed by atoms with Gasteiger partial charge in [0.1, 0.15) is 0 Å². The van der Waals surface area contributed by atoms with Crippen LogP contribution in [0.2, 0.25) is 0 Å². The summed E-state index contributed by atoms with van der Waals surface area (Å²) in [6, 6.07) is 7.29. The maximum atomic E-state index is 11.9. The normalized spacial score (nSPS) is 14.9. The summed E-state index contributed by atoms with van der Waals surface area (Å²) in [5.74, 6) is 0.209. The summed E-state index contributed by atoms with van der Waals surface area (Å²) in [7, 11) is 0. The smallest absolute Gasteiger partial charge is 0.224 e. The molecule has 1 fully saturated rings. The van der Waals surface area contributed by atoms with Crippen LogP contribution in [0.1, 0.15) is 23.7 Å². The van der Waals surface area contributed by atoms with Crippen LogP contribution in [0.25, 0.3) is 0 Å². The summed E-state index contributed by atoms with van der Waals surface area (Å²) in [4.78, 5) is 24.9. The third-order valence-electron chi connectivity index (χ3n) is 3.32. The van der Waals surface area contributed by atoms with Crippen molar-refractivity contribution in [1.29, 1.82) is 0 Å². The fraction of sp³-hybridized carbons (Fsp3) is 0.467. The lowest BCUT2D eigenvalue weighted by molar-refractivity contribution is -0.134. The van der Waals surface area contributed by atoms with E-state index in [1.165, 1.54) is 0 Å². The SMILES string of the molecule is CC(=O)c1ccc(NCCC(=O)N2CCOCC2)cc1. The van der Waals surface area contributed by atoms with Gasteiger partial charge >= 0.3 is 0 Å². The predicted molar refractivity (Wildman–Crippen MR) is 77.0 cm³/mol. The highest BCUT2D eigenvalue weighted by atomic mass is 16.5. The molecule has 1 aliphatic heterocycles. The van der Waals surface area contributed by atoms with E-state index < -0.39 is 0 Å². The number of anilines is 1.